The van der Waals surface area contributed by atoms with E-state index in [-0.39, 0.29) is 17.9 Å². The van der Waals surface area contributed by atoms with E-state index in [2.05, 4.69) is 5.32 Å². The Hall–Kier alpha value is -2.41. The second kappa shape index (κ2) is 10.8. The first-order chi connectivity index (χ1) is 14.9. The van der Waals surface area contributed by atoms with Crippen LogP contribution in [0.3, 0.4) is 0 Å². The predicted octanol–water partition coefficient (Wildman–Crippen LogP) is 2.77. The first-order valence-corrected chi connectivity index (χ1v) is 11.3. The Bertz CT molecular complexity index is 768. The third-order valence-electron chi connectivity index (χ3n) is 6.75. The highest BCUT2D eigenvalue weighted by molar-refractivity contribution is 5.88. The minimum absolute atomic E-state index is 0.0266. The Kier molecular flexibility index (Phi) is 8.07. The summed E-state index contributed by atoms with van der Waals surface area (Å²) in [5, 5.41) is 12.9. The van der Waals surface area contributed by atoms with Crippen LogP contribution in [0.15, 0.2) is 30.3 Å². The van der Waals surface area contributed by atoms with Gasteiger partial charge in [0.2, 0.25) is 5.91 Å². The summed E-state index contributed by atoms with van der Waals surface area (Å²) < 4.78 is 4.95. The fraction of sp³-hybridized carbons (Fsp3) is 0.625. The fourth-order valence-electron chi connectivity index (χ4n) is 5.14. The van der Waals surface area contributed by atoms with Crippen LogP contribution >= 0.6 is 0 Å². The van der Waals surface area contributed by atoms with Gasteiger partial charge in [-0.2, -0.15) is 0 Å². The number of carboxylic acid groups (broad SMARTS) is 1. The molecule has 3 unspecified atom stereocenters. The molecular formula is C24H34N2O5. The van der Waals surface area contributed by atoms with E-state index in [0.29, 0.717) is 19.3 Å². The highest BCUT2D eigenvalue weighted by atomic mass is 16.5. The van der Waals surface area contributed by atoms with E-state index >= 15 is 0 Å². The van der Waals surface area contributed by atoms with E-state index in [1.54, 1.807) is 11.8 Å². The maximum absolute atomic E-state index is 13.4. The number of nitrogens with zero attached hydrogens (tertiary/aromatic N) is 1. The van der Waals surface area contributed by atoms with Gasteiger partial charge in [0.15, 0.2) is 0 Å². The first kappa shape index (κ1) is 23.3. The van der Waals surface area contributed by atoms with E-state index in [9.17, 15) is 19.5 Å². The van der Waals surface area contributed by atoms with Crippen molar-refractivity contribution in [1.82, 2.24) is 10.2 Å². The number of fused-ring (bicyclic) bond motifs is 1. The molecule has 2 aliphatic rings. The molecule has 7 heteroatoms. The van der Waals surface area contributed by atoms with E-state index in [4.69, 9.17) is 4.74 Å². The Morgan fingerprint density at radius 2 is 1.87 bits per heavy atom. The fourth-order valence-corrected chi connectivity index (χ4v) is 5.14. The van der Waals surface area contributed by atoms with Crippen LogP contribution in [-0.2, 0) is 25.5 Å². The molecule has 1 amide bonds. The number of hydrogen-bond donors (Lipinski definition) is 2. The minimum atomic E-state index is -0.942. The second-order valence-corrected chi connectivity index (χ2v) is 8.79. The van der Waals surface area contributed by atoms with E-state index < -0.39 is 30.1 Å². The maximum Gasteiger partial charge on any atom is 0.326 e. The Morgan fingerprint density at radius 1 is 1.16 bits per heavy atom. The van der Waals surface area contributed by atoms with Gasteiger partial charge in [-0.15, -0.1) is 0 Å². The van der Waals surface area contributed by atoms with Gasteiger partial charge in [-0.1, -0.05) is 49.6 Å². The highest BCUT2D eigenvalue weighted by Crippen LogP contribution is 2.39. The standard InChI is InChI=1S/C24H34N2O5/c1-16(25-19(24(30)31-2)14-13-17-9-5-3-6-10-17)22(27)26-20-12-8-4-7-11-18(20)15-21(26)23(28)29/h3,5-6,9-10,16,18-21,25H,4,7-8,11-15H2,1-2H3,(H,28,29)/t16-,18?,19?,20?,21-/m0/s1. The van der Waals surface area contributed by atoms with Crippen LogP contribution in [0.5, 0.6) is 0 Å². The molecular weight excluding hydrogens is 396 g/mol. The van der Waals surface area contributed by atoms with Crippen LogP contribution in [0, 0.1) is 5.92 Å². The summed E-state index contributed by atoms with van der Waals surface area (Å²) in [6.45, 7) is 1.71. The monoisotopic (exact) mass is 430 g/mol. The van der Waals surface area contributed by atoms with Crippen LogP contribution in [0.25, 0.3) is 0 Å². The number of ether oxygens (including phenoxy) is 1. The molecule has 1 saturated carbocycles. The van der Waals surface area contributed by atoms with Gasteiger partial charge in [-0.25, -0.2) is 4.79 Å². The van der Waals surface area contributed by atoms with Crippen LogP contribution < -0.4 is 5.32 Å². The van der Waals surface area contributed by atoms with Crippen LogP contribution in [0.1, 0.15) is 57.4 Å². The number of esters is 1. The van der Waals surface area contributed by atoms with E-state index in [1.165, 1.54) is 7.11 Å². The van der Waals surface area contributed by atoms with E-state index in [0.717, 1.165) is 37.7 Å². The number of benzene rings is 1. The van der Waals surface area contributed by atoms with Crippen LogP contribution in [0.2, 0.25) is 0 Å². The summed E-state index contributed by atoms with van der Waals surface area (Å²) in [6, 6.07) is 7.70. The van der Waals surface area contributed by atoms with Crippen LogP contribution in [0.4, 0.5) is 0 Å². The summed E-state index contributed by atoms with van der Waals surface area (Å²) in [4.78, 5) is 39.3. The van der Waals surface area contributed by atoms with Gasteiger partial charge in [0, 0.05) is 6.04 Å². The number of carbonyl (C=O) groups is 3. The van der Waals surface area contributed by atoms with Crippen molar-refractivity contribution >= 4 is 17.8 Å². The number of hydrogen-bond acceptors (Lipinski definition) is 5. The number of likely N-dealkylation sites (tertiary alicyclic amines) is 1. The number of amides is 1. The molecule has 7 nitrogen and oxygen atoms in total. The smallest absolute Gasteiger partial charge is 0.326 e. The SMILES string of the molecule is COC(=O)C(CCc1ccccc1)N[C@@H](C)C(=O)N1C2CCCCCC2C[C@H]1C(=O)O. The molecule has 1 heterocycles. The number of aryl methyl sites for hydroxylation is 1. The number of nitrogens with one attached hydrogen (secondary N) is 1. The maximum atomic E-state index is 13.4. The second-order valence-electron chi connectivity index (χ2n) is 8.79. The van der Waals surface area contributed by atoms with Crippen molar-refractivity contribution < 1.29 is 24.2 Å². The average Bonchev–Trinajstić information content (AvgIpc) is 2.98. The third kappa shape index (κ3) is 5.64. The Balaban J connectivity index is 1.70. The Labute approximate surface area is 184 Å². The Morgan fingerprint density at radius 3 is 2.55 bits per heavy atom. The first-order valence-electron chi connectivity index (χ1n) is 11.3. The molecule has 1 aliphatic carbocycles. The van der Waals surface area contributed by atoms with Gasteiger partial charge >= 0.3 is 11.9 Å². The van der Waals surface area contributed by atoms with Crippen molar-refractivity contribution in [3.05, 3.63) is 35.9 Å². The lowest BCUT2D eigenvalue weighted by molar-refractivity contribution is -0.151. The van der Waals surface area contributed by atoms with Gasteiger partial charge in [0.1, 0.15) is 12.1 Å². The van der Waals surface area contributed by atoms with Gasteiger partial charge in [0.25, 0.3) is 0 Å². The molecule has 1 aromatic carbocycles. The van der Waals surface area contributed by atoms with Crippen molar-refractivity contribution in [1.29, 1.82) is 0 Å². The van der Waals surface area contributed by atoms with Crippen molar-refractivity contribution in [2.75, 3.05) is 7.11 Å². The van der Waals surface area contributed by atoms with Crippen LogP contribution in [-0.4, -0.2) is 59.1 Å². The molecule has 5 atom stereocenters. The number of carbonyl (C=O) groups excluding carboxylic acids is 2. The zero-order valence-corrected chi connectivity index (χ0v) is 18.5. The summed E-state index contributed by atoms with van der Waals surface area (Å²) in [5.41, 5.74) is 1.10. The normalized spacial score (nSPS) is 25.2. The summed E-state index contributed by atoms with van der Waals surface area (Å²) >= 11 is 0. The molecule has 1 aromatic rings. The zero-order valence-electron chi connectivity index (χ0n) is 18.5. The molecule has 3 rings (SSSR count). The molecule has 170 valence electrons. The third-order valence-corrected chi connectivity index (χ3v) is 6.75. The molecule has 2 N–H and O–H groups in total. The number of carboxylic acids is 1. The minimum Gasteiger partial charge on any atom is -0.480 e. The van der Waals surface area contributed by atoms with Crippen molar-refractivity contribution in [3.8, 4) is 0 Å². The molecule has 31 heavy (non-hydrogen) atoms. The molecule has 0 spiro atoms. The number of rotatable bonds is 8. The molecule has 0 radical (unpaired) electrons. The number of methoxy groups -OCH3 is 1. The van der Waals surface area contributed by atoms with Crippen molar-refractivity contribution in [3.63, 3.8) is 0 Å². The molecule has 0 aromatic heterocycles. The molecule has 2 fully saturated rings. The molecule has 1 aliphatic heterocycles. The summed E-state index contributed by atoms with van der Waals surface area (Å²) in [5.74, 6) is -1.36. The lowest BCUT2D eigenvalue weighted by Gasteiger charge is -2.33. The van der Waals surface area contributed by atoms with Gasteiger partial charge in [-0.3, -0.25) is 14.9 Å². The molecule has 0 bridgehead atoms. The number of aliphatic carboxylic acids is 1. The average molecular weight is 431 g/mol. The van der Waals surface area contributed by atoms with Crippen molar-refractivity contribution in [2.24, 2.45) is 5.92 Å². The summed E-state index contributed by atoms with van der Waals surface area (Å²) in [6.07, 6.45) is 6.73. The lowest BCUT2D eigenvalue weighted by atomic mass is 9.94. The van der Waals surface area contributed by atoms with Gasteiger partial charge in [-0.05, 0) is 50.5 Å². The lowest BCUT2D eigenvalue weighted by Crippen LogP contribution is -2.55. The summed E-state index contributed by atoms with van der Waals surface area (Å²) in [7, 11) is 1.34. The molecule has 1 saturated heterocycles. The predicted molar refractivity (Wildman–Crippen MR) is 116 cm³/mol. The quantitative estimate of drug-likeness (QED) is 0.616. The highest BCUT2D eigenvalue weighted by Gasteiger charge is 2.48. The van der Waals surface area contributed by atoms with Crippen molar-refractivity contribution in [2.45, 2.75) is 82.5 Å². The van der Waals surface area contributed by atoms with Gasteiger partial charge in [0.05, 0.1) is 13.2 Å². The topological polar surface area (TPSA) is 95.9 Å². The van der Waals surface area contributed by atoms with Gasteiger partial charge < -0.3 is 14.7 Å². The largest absolute Gasteiger partial charge is 0.480 e. The zero-order chi connectivity index (χ0) is 22.4. The van der Waals surface area contributed by atoms with E-state index in [1.807, 2.05) is 30.3 Å².